The molecule has 1 saturated heterocycles. The maximum absolute atomic E-state index is 9.19. The average molecular weight is 441 g/mol. The summed E-state index contributed by atoms with van der Waals surface area (Å²) in [6.07, 6.45) is 12.7. The number of nitrogens with two attached hydrogens (primary N) is 1. The Balaban J connectivity index is 0.000000575. The number of hydrogen-bond donors (Lipinski definition) is 3. The molecule has 0 saturated carbocycles. The molecule has 170 valence electrons. The molecule has 1 fully saturated rings. The smallest absolute Gasteiger partial charge is 0.261 e. The molecule has 4 N–H and O–H groups in total. The van der Waals surface area contributed by atoms with Gasteiger partial charge in [0.15, 0.2) is 11.3 Å². The van der Waals surface area contributed by atoms with Crippen molar-refractivity contribution in [2.75, 3.05) is 31.6 Å². The molecule has 0 aromatic carbocycles. The Morgan fingerprint density at radius 3 is 2.37 bits per heavy atom. The molecule has 0 spiro atoms. The van der Waals surface area contributed by atoms with Gasteiger partial charge in [-0.1, -0.05) is 26.2 Å². The van der Waals surface area contributed by atoms with Crippen molar-refractivity contribution in [2.24, 2.45) is 0 Å². The van der Waals surface area contributed by atoms with Crippen LogP contribution in [-0.2, 0) is 23.0 Å². The Labute approximate surface area is 179 Å². The van der Waals surface area contributed by atoms with Crippen LogP contribution in [0.1, 0.15) is 69.8 Å². The highest BCUT2D eigenvalue weighted by molar-refractivity contribution is 7.85. The van der Waals surface area contributed by atoms with E-state index in [1.807, 2.05) is 0 Å². The predicted molar refractivity (Wildman–Crippen MR) is 120 cm³/mol. The van der Waals surface area contributed by atoms with Crippen molar-refractivity contribution in [1.82, 2.24) is 25.1 Å². The number of aryl methyl sites for hydroxylation is 2. The van der Waals surface area contributed by atoms with Crippen molar-refractivity contribution < 1.29 is 13.0 Å². The van der Waals surface area contributed by atoms with Crippen molar-refractivity contribution in [2.45, 2.75) is 71.1 Å². The summed E-state index contributed by atoms with van der Waals surface area (Å²) in [4.78, 5) is 11.7. The van der Waals surface area contributed by atoms with Crippen molar-refractivity contribution in [3.8, 4) is 0 Å². The second-order valence-electron chi connectivity index (χ2n) is 7.97. The van der Waals surface area contributed by atoms with E-state index in [-0.39, 0.29) is 0 Å². The van der Waals surface area contributed by atoms with Crippen LogP contribution < -0.4 is 5.73 Å². The fourth-order valence-corrected chi connectivity index (χ4v) is 3.64. The number of nitrogens with one attached hydrogen (secondary N) is 1. The van der Waals surface area contributed by atoms with Crippen LogP contribution in [0.5, 0.6) is 0 Å². The fourth-order valence-electron chi connectivity index (χ4n) is 3.64. The number of hydrogen-bond acceptors (Lipinski definition) is 7. The number of aromatic nitrogens is 4. The molecule has 0 aliphatic carbocycles. The fraction of sp³-hybridized carbons (Fsp3) is 0.750. The van der Waals surface area contributed by atoms with E-state index in [0.29, 0.717) is 12.1 Å². The quantitative estimate of drug-likeness (QED) is 0.378. The lowest BCUT2D eigenvalue weighted by Gasteiger charge is -2.13. The summed E-state index contributed by atoms with van der Waals surface area (Å²) < 4.78 is 25.9. The summed E-state index contributed by atoms with van der Waals surface area (Å²) in [5.41, 5.74) is 8.82. The molecule has 3 rings (SSSR count). The molecule has 30 heavy (non-hydrogen) atoms. The van der Waals surface area contributed by atoms with E-state index in [1.165, 1.54) is 58.2 Å². The second-order valence-corrected chi connectivity index (χ2v) is 9.44. The number of H-pyrrole nitrogens is 1. The highest BCUT2D eigenvalue weighted by Crippen LogP contribution is 2.21. The van der Waals surface area contributed by atoms with E-state index < -0.39 is 10.1 Å². The number of likely N-dealkylation sites (tertiary alicyclic amines) is 1. The predicted octanol–water partition coefficient (Wildman–Crippen LogP) is 2.98. The largest absolute Gasteiger partial charge is 0.382 e. The van der Waals surface area contributed by atoms with Crippen molar-refractivity contribution in [3.63, 3.8) is 0 Å². The number of aromatic amines is 1. The maximum Gasteiger partial charge on any atom is 0.261 e. The summed E-state index contributed by atoms with van der Waals surface area (Å²) in [5.74, 6) is 1.35. The monoisotopic (exact) mass is 440 g/mol. The molecule has 3 heterocycles. The lowest BCUT2D eigenvalue weighted by Crippen LogP contribution is -2.20. The highest BCUT2D eigenvalue weighted by atomic mass is 32.2. The first-order valence-corrected chi connectivity index (χ1v) is 12.8. The number of nitrogen functional groups attached to an aromatic ring is 1. The van der Waals surface area contributed by atoms with Gasteiger partial charge < -0.3 is 10.6 Å². The summed E-state index contributed by atoms with van der Waals surface area (Å²) >= 11 is 0. The minimum absolute atomic E-state index is 0.504. The zero-order valence-electron chi connectivity index (χ0n) is 18.2. The Bertz CT molecular complexity index is 870. The van der Waals surface area contributed by atoms with E-state index >= 15 is 0 Å². The molecule has 10 heteroatoms. The Morgan fingerprint density at radius 2 is 1.70 bits per heavy atom. The van der Waals surface area contributed by atoms with Gasteiger partial charge in [-0.3, -0.25) is 9.65 Å². The lowest BCUT2D eigenvalue weighted by molar-refractivity contribution is 0.328. The zero-order valence-corrected chi connectivity index (χ0v) is 19.0. The van der Waals surface area contributed by atoms with E-state index in [4.69, 9.17) is 15.3 Å². The zero-order chi connectivity index (χ0) is 22.0. The standard InChI is InChI=1S/C19H32N6.CH4O3S/c1-2-3-11-16-21-17-15(23-24-18(17)19(20)22-16)10-6-4-5-7-12-25-13-8-9-14-25;1-5(2,3)4/h2-14H2,1H3,(H,23,24)(H2,20,21,22);1H3,(H,2,3,4). The third kappa shape index (κ3) is 8.93. The molecular formula is C20H36N6O3S. The van der Waals surface area contributed by atoms with Gasteiger partial charge in [-0.15, -0.1) is 0 Å². The molecule has 9 nitrogen and oxygen atoms in total. The van der Waals surface area contributed by atoms with E-state index in [1.54, 1.807) is 0 Å². The van der Waals surface area contributed by atoms with E-state index in [0.717, 1.165) is 48.2 Å². The normalized spacial score (nSPS) is 14.8. The SMILES string of the molecule is CCCCc1nc(N)c2n[nH]c(CCCCCCN3CCCC3)c2n1.CS(=O)(=O)O. The summed E-state index contributed by atoms with van der Waals surface area (Å²) in [5, 5.41) is 7.46. The average Bonchev–Trinajstić information content (AvgIpc) is 3.32. The van der Waals surface area contributed by atoms with Crippen LogP contribution in [0.4, 0.5) is 5.82 Å². The highest BCUT2D eigenvalue weighted by Gasteiger charge is 2.13. The van der Waals surface area contributed by atoms with Crippen molar-refractivity contribution in [1.29, 1.82) is 0 Å². The van der Waals surface area contributed by atoms with Crippen molar-refractivity contribution >= 4 is 27.0 Å². The minimum atomic E-state index is -3.67. The van der Waals surface area contributed by atoms with Gasteiger partial charge in [0.2, 0.25) is 0 Å². The molecule has 2 aromatic heterocycles. The molecule has 0 atom stereocenters. The van der Waals surface area contributed by atoms with Crippen LogP contribution in [0, 0.1) is 0 Å². The Hall–Kier alpha value is -1.78. The molecule has 0 radical (unpaired) electrons. The molecule has 2 aromatic rings. The van der Waals surface area contributed by atoms with Crippen LogP contribution in [0.15, 0.2) is 0 Å². The Morgan fingerprint density at radius 1 is 1.03 bits per heavy atom. The third-order valence-electron chi connectivity index (χ3n) is 5.15. The van der Waals surface area contributed by atoms with Crippen LogP contribution in [0.2, 0.25) is 0 Å². The number of nitrogens with zero attached hydrogens (tertiary/aromatic N) is 4. The topological polar surface area (TPSA) is 138 Å². The minimum Gasteiger partial charge on any atom is -0.382 e. The molecule has 0 bridgehead atoms. The van der Waals surface area contributed by atoms with Gasteiger partial charge in [0.05, 0.1) is 11.9 Å². The van der Waals surface area contributed by atoms with E-state index in [9.17, 15) is 8.42 Å². The van der Waals surface area contributed by atoms with Gasteiger partial charge in [-0.2, -0.15) is 13.5 Å². The molecule has 0 unspecified atom stereocenters. The summed E-state index contributed by atoms with van der Waals surface area (Å²) in [6.45, 7) is 6.07. The molecule has 1 aliphatic heterocycles. The maximum atomic E-state index is 9.19. The summed E-state index contributed by atoms with van der Waals surface area (Å²) in [7, 11) is -3.67. The summed E-state index contributed by atoms with van der Waals surface area (Å²) in [6, 6.07) is 0. The first-order valence-electron chi connectivity index (χ1n) is 10.9. The van der Waals surface area contributed by atoms with Gasteiger partial charge in [0.1, 0.15) is 11.3 Å². The lowest BCUT2D eigenvalue weighted by atomic mass is 10.1. The number of unbranched alkanes of at least 4 members (excludes halogenated alkanes) is 4. The molecule has 0 amide bonds. The third-order valence-corrected chi connectivity index (χ3v) is 5.15. The first-order chi connectivity index (χ1) is 14.3. The van der Waals surface area contributed by atoms with Crippen LogP contribution in [0.25, 0.3) is 11.0 Å². The Kier molecular flexibility index (Phi) is 9.93. The van der Waals surface area contributed by atoms with Gasteiger partial charge in [0.25, 0.3) is 10.1 Å². The number of fused-ring (bicyclic) bond motifs is 1. The van der Waals surface area contributed by atoms with Crippen LogP contribution >= 0.6 is 0 Å². The first kappa shape index (κ1) is 24.5. The van der Waals surface area contributed by atoms with Gasteiger partial charge in [-0.25, -0.2) is 9.97 Å². The molecule has 1 aliphatic rings. The van der Waals surface area contributed by atoms with Gasteiger partial charge >= 0.3 is 0 Å². The van der Waals surface area contributed by atoms with Gasteiger partial charge in [0, 0.05) is 6.42 Å². The van der Waals surface area contributed by atoms with Gasteiger partial charge in [-0.05, 0) is 58.2 Å². The van der Waals surface area contributed by atoms with E-state index in [2.05, 4.69) is 27.0 Å². The number of anilines is 1. The molecular weight excluding hydrogens is 404 g/mol. The number of rotatable bonds is 10. The van der Waals surface area contributed by atoms with Crippen LogP contribution in [-0.4, -0.2) is 63.9 Å². The van der Waals surface area contributed by atoms with Crippen LogP contribution in [0.3, 0.4) is 0 Å². The van der Waals surface area contributed by atoms with Crippen molar-refractivity contribution in [3.05, 3.63) is 11.5 Å². The second kappa shape index (κ2) is 12.2.